The molecule has 1 heterocycles. The lowest BCUT2D eigenvalue weighted by atomic mass is 10.0. The van der Waals surface area contributed by atoms with Gasteiger partial charge in [-0.1, -0.05) is 66.2 Å². The van der Waals surface area contributed by atoms with E-state index < -0.39 is 33.4 Å². The Hall–Kier alpha value is -3.69. The van der Waals surface area contributed by atoms with Crippen LogP contribution in [-0.2, 0) is 32.6 Å². The molecule has 0 bridgehead atoms. The van der Waals surface area contributed by atoms with Crippen molar-refractivity contribution in [3.63, 3.8) is 0 Å². The van der Waals surface area contributed by atoms with Gasteiger partial charge in [-0.2, -0.15) is 0 Å². The first-order chi connectivity index (χ1) is 18.9. The minimum absolute atomic E-state index is 0.0722. The van der Waals surface area contributed by atoms with Crippen LogP contribution < -0.4 is 5.32 Å². The molecule has 210 valence electrons. The molecule has 0 aromatic heterocycles. The highest BCUT2D eigenvalue weighted by Gasteiger charge is 2.41. The van der Waals surface area contributed by atoms with E-state index in [9.17, 15) is 22.8 Å². The number of sulfonamides is 1. The zero-order chi connectivity index (χ0) is 29.1. The van der Waals surface area contributed by atoms with Crippen LogP contribution in [0.25, 0.3) is 0 Å². The van der Waals surface area contributed by atoms with E-state index in [4.69, 9.17) is 11.6 Å². The van der Waals surface area contributed by atoms with Crippen molar-refractivity contribution in [1.29, 1.82) is 0 Å². The number of halogens is 1. The largest absolute Gasteiger partial charge is 0.350 e. The Morgan fingerprint density at radius 1 is 0.925 bits per heavy atom. The zero-order valence-electron chi connectivity index (χ0n) is 22.6. The molecule has 0 saturated heterocycles. The number of rotatable bonds is 9. The molecule has 40 heavy (non-hydrogen) atoms. The summed E-state index contributed by atoms with van der Waals surface area (Å²) in [7, 11) is -4.07. The van der Waals surface area contributed by atoms with Crippen LogP contribution in [0.2, 0.25) is 5.02 Å². The lowest BCUT2D eigenvalue weighted by Gasteiger charge is -2.34. The first-order valence-electron chi connectivity index (χ1n) is 12.9. The lowest BCUT2D eigenvalue weighted by Crippen LogP contribution is -2.54. The van der Waals surface area contributed by atoms with E-state index in [2.05, 4.69) is 5.32 Å². The number of carbonyl (C=O) groups is 3. The fraction of sp³-hybridized carbons (Fsp3) is 0.300. The van der Waals surface area contributed by atoms with Crippen molar-refractivity contribution in [2.24, 2.45) is 0 Å². The van der Waals surface area contributed by atoms with Crippen LogP contribution in [0.1, 0.15) is 48.7 Å². The highest BCUT2D eigenvalue weighted by Crippen LogP contribution is 2.30. The van der Waals surface area contributed by atoms with Crippen molar-refractivity contribution in [2.45, 2.75) is 56.6 Å². The molecule has 0 saturated carbocycles. The topological polar surface area (TPSA) is 104 Å². The summed E-state index contributed by atoms with van der Waals surface area (Å²) in [5, 5.41) is 3.52. The summed E-state index contributed by atoms with van der Waals surface area (Å²) >= 11 is 6.07. The van der Waals surface area contributed by atoms with Gasteiger partial charge in [-0.05, 0) is 56.2 Å². The fourth-order valence-corrected chi connectivity index (χ4v) is 6.28. The molecule has 3 aromatic rings. The molecule has 10 heteroatoms. The lowest BCUT2D eigenvalue weighted by molar-refractivity contribution is -0.142. The van der Waals surface area contributed by atoms with Crippen molar-refractivity contribution >= 4 is 39.3 Å². The van der Waals surface area contributed by atoms with Gasteiger partial charge < -0.3 is 10.2 Å². The molecule has 0 aliphatic carbocycles. The quantitative estimate of drug-likeness (QED) is 0.403. The molecule has 1 aliphatic heterocycles. The molecule has 1 atom stereocenters. The van der Waals surface area contributed by atoms with Crippen LogP contribution in [0, 0.1) is 0 Å². The van der Waals surface area contributed by atoms with E-state index in [-0.39, 0.29) is 42.3 Å². The van der Waals surface area contributed by atoms with Gasteiger partial charge in [0.1, 0.15) is 10.9 Å². The zero-order valence-corrected chi connectivity index (χ0v) is 24.2. The molecular weight excluding hydrogens is 550 g/mol. The summed E-state index contributed by atoms with van der Waals surface area (Å²) in [6.45, 7) is 5.32. The van der Waals surface area contributed by atoms with Gasteiger partial charge in [-0.3, -0.25) is 14.4 Å². The minimum atomic E-state index is -4.07. The van der Waals surface area contributed by atoms with Gasteiger partial charge in [0.25, 0.3) is 15.9 Å². The molecule has 8 nitrogen and oxygen atoms in total. The van der Waals surface area contributed by atoms with E-state index in [0.29, 0.717) is 5.02 Å². The number of hydrogen-bond donors (Lipinski definition) is 1. The molecule has 0 fully saturated rings. The van der Waals surface area contributed by atoms with Crippen molar-refractivity contribution in [2.75, 3.05) is 6.54 Å². The Morgan fingerprint density at radius 2 is 1.55 bits per heavy atom. The first-order valence-corrected chi connectivity index (χ1v) is 14.7. The fourth-order valence-electron chi connectivity index (χ4n) is 4.59. The molecular formula is C30H32ClN3O5S. The maximum absolute atomic E-state index is 13.9. The third-order valence-electron chi connectivity index (χ3n) is 6.48. The normalized spacial score (nSPS) is 14.9. The van der Waals surface area contributed by atoms with Crippen molar-refractivity contribution in [3.05, 3.63) is 101 Å². The summed E-state index contributed by atoms with van der Waals surface area (Å²) in [6.07, 6.45) is -0.0465. The predicted molar refractivity (Wildman–Crippen MR) is 153 cm³/mol. The number of hydrogen-bond acceptors (Lipinski definition) is 5. The average Bonchev–Trinajstić information content (AvgIpc) is 3.10. The smallest absolute Gasteiger partial charge is 0.269 e. The van der Waals surface area contributed by atoms with Crippen LogP contribution in [0.5, 0.6) is 0 Å². The molecule has 0 spiro atoms. The second-order valence-electron chi connectivity index (χ2n) is 10.7. The second-order valence-corrected chi connectivity index (χ2v) is 13.0. The predicted octanol–water partition coefficient (Wildman–Crippen LogP) is 4.43. The Morgan fingerprint density at radius 3 is 2.17 bits per heavy atom. The van der Waals surface area contributed by atoms with E-state index >= 15 is 0 Å². The highest BCUT2D eigenvalue weighted by atomic mass is 35.5. The molecule has 4 rings (SSSR count). The number of carbonyl (C=O) groups excluding carboxylic acids is 3. The summed E-state index contributed by atoms with van der Waals surface area (Å²) in [6, 6.07) is 21.4. The van der Waals surface area contributed by atoms with Gasteiger partial charge in [0.15, 0.2) is 0 Å². The van der Waals surface area contributed by atoms with Gasteiger partial charge >= 0.3 is 0 Å². The summed E-state index contributed by atoms with van der Waals surface area (Å²) in [5.41, 5.74) is 1.14. The van der Waals surface area contributed by atoms with Gasteiger partial charge in [-0.15, -0.1) is 0 Å². The molecule has 0 radical (unpaired) electrons. The number of nitrogens with zero attached hydrogens (tertiary/aromatic N) is 2. The van der Waals surface area contributed by atoms with Crippen LogP contribution in [-0.4, -0.2) is 53.5 Å². The second kappa shape index (κ2) is 11.8. The molecule has 3 amide bonds. The number of fused-ring (bicyclic) bond motifs is 1. The van der Waals surface area contributed by atoms with Crippen LogP contribution in [0.3, 0.4) is 0 Å². The van der Waals surface area contributed by atoms with Crippen molar-refractivity contribution < 1.29 is 22.8 Å². The van der Waals surface area contributed by atoms with Gasteiger partial charge in [0.2, 0.25) is 11.8 Å². The molecule has 1 N–H and O–H groups in total. The van der Waals surface area contributed by atoms with E-state index in [1.54, 1.807) is 36.4 Å². The molecule has 3 aromatic carbocycles. The highest BCUT2D eigenvalue weighted by molar-refractivity contribution is 7.90. The maximum atomic E-state index is 13.9. The van der Waals surface area contributed by atoms with E-state index in [1.165, 1.54) is 17.0 Å². The molecule has 1 aliphatic rings. The number of amides is 3. The summed E-state index contributed by atoms with van der Waals surface area (Å²) in [5.74, 6) is -1.46. The summed E-state index contributed by atoms with van der Waals surface area (Å²) in [4.78, 5) is 41.8. The first kappa shape index (κ1) is 29.3. The SMILES string of the molecule is CC(C)(C)NC(=O)[C@@H](Cc1ccccc1)N(Cc1ccc(Cl)cc1)C(=O)CCN1C(=O)c2ccccc2S1(=O)=O. The summed E-state index contributed by atoms with van der Waals surface area (Å²) < 4.78 is 26.8. The third kappa shape index (κ3) is 6.71. The monoisotopic (exact) mass is 581 g/mol. The number of nitrogens with one attached hydrogen (secondary N) is 1. The van der Waals surface area contributed by atoms with E-state index in [1.807, 2.05) is 51.1 Å². The average molecular weight is 582 g/mol. The Kier molecular flexibility index (Phi) is 8.65. The van der Waals surface area contributed by atoms with Gasteiger partial charge in [0, 0.05) is 36.5 Å². The standard InChI is InChI=1S/C30H32ClN3O5S/c1-30(2,3)32-28(36)25(19-21-9-5-4-6-10-21)33(20-22-13-15-23(31)16-14-22)27(35)17-18-34-29(37)24-11-7-8-12-26(24)40(34,38)39/h4-16,25H,17-20H2,1-3H3,(H,32,36)/t25-/m1/s1. The van der Waals surface area contributed by atoms with Gasteiger partial charge in [0.05, 0.1) is 5.56 Å². The van der Waals surface area contributed by atoms with Crippen molar-refractivity contribution in [1.82, 2.24) is 14.5 Å². The maximum Gasteiger partial charge on any atom is 0.269 e. The Bertz CT molecular complexity index is 1500. The van der Waals surface area contributed by atoms with Crippen LogP contribution >= 0.6 is 11.6 Å². The van der Waals surface area contributed by atoms with E-state index in [0.717, 1.165) is 15.4 Å². The Labute approximate surface area is 240 Å². The van der Waals surface area contributed by atoms with Crippen LogP contribution in [0.4, 0.5) is 0 Å². The molecule has 0 unspecified atom stereocenters. The third-order valence-corrected chi connectivity index (χ3v) is 8.57. The number of benzene rings is 3. The minimum Gasteiger partial charge on any atom is -0.350 e. The van der Waals surface area contributed by atoms with Gasteiger partial charge in [-0.25, -0.2) is 12.7 Å². The van der Waals surface area contributed by atoms with Crippen LogP contribution in [0.15, 0.2) is 83.8 Å². The Balaban J connectivity index is 1.65. The van der Waals surface area contributed by atoms with Crippen molar-refractivity contribution in [3.8, 4) is 0 Å².